The number of halogens is 1. The van der Waals surface area contributed by atoms with Gasteiger partial charge in [0.2, 0.25) is 10.0 Å². The van der Waals surface area contributed by atoms with Gasteiger partial charge in [0.1, 0.15) is 5.69 Å². The minimum atomic E-state index is -3.71. The number of primary sulfonamides is 1. The van der Waals surface area contributed by atoms with E-state index in [1.165, 1.54) is 12.1 Å². The summed E-state index contributed by atoms with van der Waals surface area (Å²) in [5, 5.41) is 15.5. The Morgan fingerprint density at radius 2 is 2.04 bits per heavy atom. The Labute approximate surface area is 158 Å². The first-order valence-corrected chi connectivity index (χ1v) is 9.64. The van der Waals surface area contributed by atoms with E-state index in [-0.39, 0.29) is 35.8 Å². The van der Waals surface area contributed by atoms with Crippen molar-refractivity contribution in [1.29, 1.82) is 0 Å². The Hall–Kier alpha value is -1.94. The lowest BCUT2D eigenvalue weighted by Crippen LogP contribution is -2.32. The average Bonchev–Trinajstić information content (AvgIpc) is 3.10. The van der Waals surface area contributed by atoms with Gasteiger partial charge in [-0.05, 0) is 43.1 Å². The first-order chi connectivity index (χ1) is 11.9. The number of piperidine rings is 1. The molecule has 3 rings (SSSR count). The van der Waals surface area contributed by atoms with Crippen molar-refractivity contribution in [3.05, 3.63) is 47.8 Å². The molecule has 1 unspecified atom stereocenters. The number of hydrogen-bond donors (Lipinski definition) is 3. The summed E-state index contributed by atoms with van der Waals surface area (Å²) in [5.41, 5.74) is 1.14. The van der Waals surface area contributed by atoms with E-state index >= 15 is 0 Å². The van der Waals surface area contributed by atoms with Crippen LogP contribution in [0.15, 0.2) is 41.4 Å². The average molecular weight is 400 g/mol. The first-order valence-electron chi connectivity index (χ1n) is 8.09. The lowest BCUT2D eigenvalue weighted by Gasteiger charge is -2.22. The summed E-state index contributed by atoms with van der Waals surface area (Å²) in [6, 6.07) is 8.05. The van der Waals surface area contributed by atoms with Gasteiger partial charge in [0, 0.05) is 19.3 Å². The molecule has 10 heteroatoms. The van der Waals surface area contributed by atoms with Crippen LogP contribution in [0.3, 0.4) is 0 Å². The third-order valence-corrected chi connectivity index (χ3v) is 5.12. The van der Waals surface area contributed by atoms with Gasteiger partial charge >= 0.3 is 0 Å². The van der Waals surface area contributed by atoms with E-state index < -0.39 is 10.0 Å². The number of benzene rings is 1. The molecule has 0 spiro atoms. The summed E-state index contributed by atoms with van der Waals surface area (Å²) in [6.07, 6.45) is 3.97. The van der Waals surface area contributed by atoms with E-state index in [1.54, 1.807) is 18.2 Å². The quantitative estimate of drug-likeness (QED) is 0.687. The van der Waals surface area contributed by atoms with Crippen molar-refractivity contribution in [2.24, 2.45) is 5.14 Å². The predicted molar refractivity (Wildman–Crippen MR) is 99.6 cm³/mol. The van der Waals surface area contributed by atoms with E-state index in [4.69, 9.17) is 5.14 Å². The highest BCUT2D eigenvalue weighted by Crippen LogP contribution is 2.15. The van der Waals surface area contributed by atoms with Crippen molar-refractivity contribution in [3.8, 4) is 0 Å². The Kier molecular flexibility index (Phi) is 6.76. The molecule has 1 aliphatic rings. The molecule has 142 valence electrons. The molecule has 1 aromatic heterocycles. The summed E-state index contributed by atoms with van der Waals surface area (Å²) < 4.78 is 24.3. The van der Waals surface area contributed by atoms with Crippen molar-refractivity contribution in [2.75, 3.05) is 13.1 Å². The molecule has 8 nitrogen and oxygen atoms in total. The van der Waals surface area contributed by atoms with Crippen LogP contribution in [0.1, 0.15) is 34.9 Å². The van der Waals surface area contributed by atoms with Crippen LogP contribution in [0.2, 0.25) is 0 Å². The van der Waals surface area contributed by atoms with Crippen molar-refractivity contribution in [3.63, 3.8) is 0 Å². The summed E-state index contributed by atoms with van der Waals surface area (Å²) >= 11 is 0. The standard InChI is InChI=1S/C16H21N5O3S.ClH/c17-25(23,24)14-5-3-12(4-6-14)10-19-16(22)15-7-9-21(20-15)13-2-1-8-18-11-13;/h3-7,9,13,18H,1-2,8,10-11H2,(H,19,22)(H2,17,23,24);1H. The minimum Gasteiger partial charge on any atom is -0.347 e. The van der Waals surface area contributed by atoms with E-state index in [0.717, 1.165) is 31.5 Å². The van der Waals surface area contributed by atoms with Crippen molar-refractivity contribution in [2.45, 2.75) is 30.3 Å². The molecule has 0 saturated carbocycles. The van der Waals surface area contributed by atoms with Crippen LogP contribution < -0.4 is 15.8 Å². The van der Waals surface area contributed by atoms with E-state index in [1.807, 2.05) is 10.9 Å². The van der Waals surface area contributed by atoms with Gasteiger partial charge in [-0.3, -0.25) is 9.48 Å². The molecule has 0 radical (unpaired) electrons. The number of nitrogens with two attached hydrogens (primary N) is 1. The normalized spacial score (nSPS) is 17.3. The number of nitrogens with one attached hydrogen (secondary N) is 2. The molecule has 1 fully saturated rings. The van der Waals surface area contributed by atoms with Crippen molar-refractivity contribution < 1.29 is 13.2 Å². The fourth-order valence-electron chi connectivity index (χ4n) is 2.79. The molecular weight excluding hydrogens is 378 g/mol. The molecule has 1 atom stereocenters. The highest BCUT2D eigenvalue weighted by Gasteiger charge is 2.17. The number of aromatic nitrogens is 2. The molecule has 1 amide bonds. The van der Waals surface area contributed by atoms with Gasteiger partial charge in [-0.1, -0.05) is 12.1 Å². The third-order valence-electron chi connectivity index (χ3n) is 4.19. The van der Waals surface area contributed by atoms with Crippen LogP contribution in [-0.2, 0) is 16.6 Å². The lowest BCUT2D eigenvalue weighted by molar-refractivity contribution is 0.0944. The summed E-state index contributed by atoms with van der Waals surface area (Å²) in [6.45, 7) is 2.16. The van der Waals surface area contributed by atoms with Crippen LogP contribution in [0.5, 0.6) is 0 Å². The second-order valence-corrected chi connectivity index (χ2v) is 7.61. The molecule has 0 bridgehead atoms. The number of carbonyl (C=O) groups is 1. The van der Waals surface area contributed by atoms with Gasteiger partial charge in [0.25, 0.3) is 5.91 Å². The third kappa shape index (κ3) is 5.04. The number of carbonyl (C=O) groups excluding carboxylic acids is 1. The van der Waals surface area contributed by atoms with Gasteiger partial charge < -0.3 is 10.6 Å². The van der Waals surface area contributed by atoms with Crippen LogP contribution in [0, 0.1) is 0 Å². The molecule has 2 heterocycles. The zero-order valence-corrected chi connectivity index (χ0v) is 15.7. The fourth-order valence-corrected chi connectivity index (χ4v) is 3.31. The largest absolute Gasteiger partial charge is 0.347 e. The fraction of sp³-hybridized carbons (Fsp3) is 0.375. The van der Waals surface area contributed by atoms with Gasteiger partial charge in [0.15, 0.2) is 0 Å². The maximum atomic E-state index is 12.2. The molecular formula is C16H22ClN5O3S. The van der Waals surface area contributed by atoms with Crippen molar-refractivity contribution in [1.82, 2.24) is 20.4 Å². The number of amides is 1. The molecule has 1 aliphatic heterocycles. The van der Waals surface area contributed by atoms with Crippen molar-refractivity contribution >= 4 is 28.3 Å². The summed E-state index contributed by atoms with van der Waals surface area (Å²) in [7, 11) is -3.71. The predicted octanol–water partition coefficient (Wildman–Crippen LogP) is 0.807. The molecule has 0 aliphatic carbocycles. The maximum Gasteiger partial charge on any atom is 0.272 e. The Bertz CT molecular complexity index is 845. The molecule has 1 saturated heterocycles. The van der Waals surface area contributed by atoms with Crippen LogP contribution >= 0.6 is 12.4 Å². The SMILES string of the molecule is Cl.NS(=O)(=O)c1ccc(CNC(=O)c2ccn(C3CCCNC3)n2)cc1. The van der Waals surface area contributed by atoms with Gasteiger partial charge in [0.05, 0.1) is 10.9 Å². The van der Waals surface area contributed by atoms with E-state index in [2.05, 4.69) is 15.7 Å². The van der Waals surface area contributed by atoms with Crippen LogP contribution in [-0.4, -0.2) is 37.2 Å². The zero-order valence-electron chi connectivity index (χ0n) is 14.1. The number of rotatable bonds is 5. The molecule has 26 heavy (non-hydrogen) atoms. The first kappa shape index (κ1) is 20.4. The van der Waals surface area contributed by atoms with Gasteiger partial charge in [-0.15, -0.1) is 12.4 Å². The lowest BCUT2D eigenvalue weighted by atomic mass is 10.1. The second kappa shape index (κ2) is 8.63. The highest BCUT2D eigenvalue weighted by molar-refractivity contribution is 7.89. The Balaban J connectivity index is 0.00000243. The maximum absolute atomic E-state index is 12.2. The summed E-state index contributed by atoms with van der Waals surface area (Å²) in [4.78, 5) is 12.3. The van der Waals surface area contributed by atoms with E-state index in [9.17, 15) is 13.2 Å². The molecule has 1 aromatic carbocycles. The second-order valence-electron chi connectivity index (χ2n) is 6.05. The minimum absolute atomic E-state index is 0. The van der Waals surface area contributed by atoms with E-state index in [0.29, 0.717) is 5.69 Å². The van der Waals surface area contributed by atoms with Crippen LogP contribution in [0.25, 0.3) is 0 Å². The number of nitrogens with zero attached hydrogens (tertiary/aromatic N) is 2. The van der Waals surface area contributed by atoms with Gasteiger partial charge in [-0.25, -0.2) is 13.6 Å². The van der Waals surface area contributed by atoms with Crippen LogP contribution in [0.4, 0.5) is 0 Å². The topological polar surface area (TPSA) is 119 Å². The Morgan fingerprint density at radius 1 is 1.31 bits per heavy atom. The number of sulfonamides is 1. The zero-order chi connectivity index (χ0) is 17.9. The smallest absolute Gasteiger partial charge is 0.272 e. The Morgan fingerprint density at radius 3 is 2.65 bits per heavy atom. The molecule has 2 aromatic rings. The molecule has 4 N–H and O–H groups in total. The van der Waals surface area contributed by atoms with Gasteiger partial charge in [-0.2, -0.15) is 5.10 Å². The number of hydrogen-bond acceptors (Lipinski definition) is 5. The monoisotopic (exact) mass is 399 g/mol. The summed E-state index contributed by atoms with van der Waals surface area (Å²) in [5.74, 6) is -0.266. The highest BCUT2D eigenvalue weighted by atomic mass is 35.5.